The molecule has 4 aliphatic rings. The Balaban J connectivity index is 1.50. The van der Waals surface area contributed by atoms with Crippen LogP contribution < -0.4 is 0 Å². The van der Waals surface area contributed by atoms with Crippen LogP contribution >= 0.6 is 0 Å². The molecule has 0 amide bonds. The molecule has 0 heteroatoms. The van der Waals surface area contributed by atoms with E-state index in [9.17, 15) is 0 Å². The molecule has 2 aromatic carbocycles. The lowest BCUT2D eigenvalue weighted by Gasteiger charge is -2.51. The zero-order chi connectivity index (χ0) is 34.4. The SMILES string of the molecule is Cc1cc(C)c(C2CC3C(CC2C(C)(C)C)C2CC(C(C)(C)C)C(c4c(C)cc(C)cc4C)CC2C3C(C)(C)C2CCCC2)c(C)c1. The van der Waals surface area contributed by atoms with Gasteiger partial charge in [-0.25, -0.2) is 0 Å². The van der Waals surface area contributed by atoms with Gasteiger partial charge in [-0.05, 0) is 189 Å². The molecule has 0 bridgehead atoms. The number of aryl methyl sites for hydroxylation is 6. The molecule has 47 heavy (non-hydrogen) atoms. The minimum absolute atomic E-state index is 0.310. The minimum atomic E-state index is 0.310. The highest BCUT2D eigenvalue weighted by molar-refractivity contribution is 5.43. The van der Waals surface area contributed by atoms with E-state index in [0.29, 0.717) is 28.1 Å². The quantitative estimate of drug-likeness (QED) is 0.313. The van der Waals surface area contributed by atoms with Crippen molar-refractivity contribution in [1.82, 2.24) is 0 Å². The van der Waals surface area contributed by atoms with Crippen LogP contribution in [-0.4, -0.2) is 0 Å². The second-order valence-electron chi connectivity index (χ2n) is 20.7. The zero-order valence-electron chi connectivity index (χ0n) is 33.2. The topological polar surface area (TPSA) is 0 Å². The molecule has 0 radical (unpaired) electrons. The monoisotopic (exact) mass is 637 g/mol. The highest BCUT2D eigenvalue weighted by Gasteiger charge is 2.62. The molecule has 0 saturated heterocycles. The van der Waals surface area contributed by atoms with Gasteiger partial charge in [-0.1, -0.05) is 104 Å². The summed E-state index contributed by atoms with van der Waals surface area (Å²) in [6.45, 7) is 35.3. The van der Waals surface area contributed by atoms with Gasteiger partial charge in [-0.2, -0.15) is 0 Å². The Kier molecular flexibility index (Phi) is 9.26. The molecular weight excluding hydrogens is 565 g/mol. The lowest BCUT2D eigenvalue weighted by Crippen LogP contribution is -2.43. The molecule has 4 saturated carbocycles. The maximum absolute atomic E-state index is 2.77. The van der Waals surface area contributed by atoms with Gasteiger partial charge in [-0.15, -0.1) is 0 Å². The second kappa shape index (κ2) is 12.3. The average Bonchev–Trinajstić information content (AvgIpc) is 3.57. The van der Waals surface area contributed by atoms with Gasteiger partial charge >= 0.3 is 0 Å². The fourth-order valence-electron chi connectivity index (χ4n) is 13.8. The molecular formula is C47H72. The van der Waals surface area contributed by atoms with Crippen molar-refractivity contribution in [3.63, 3.8) is 0 Å². The third-order valence-electron chi connectivity index (χ3n) is 15.4. The van der Waals surface area contributed by atoms with Crippen LogP contribution in [0.4, 0.5) is 0 Å². The first-order valence-electron chi connectivity index (χ1n) is 20.0. The van der Waals surface area contributed by atoms with Crippen molar-refractivity contribution in [2.75, 3.05) is 0 Å². The number of hydrogen-bond donors (Lipinski definition) is 0. The summed E-state index contributed by atoms with van der Waals surface area (Å²) in [5.41, 5.74) is 13.5. The van der Waals surface area contributed by atoms with E-state index in [0.717, 1.165) is 47.3 Å². The van der Waals surface area contributed by atoms with Gasteiger partial charge in [0.1, 0.15) is 0 Å². The largest absolute Gasteiger partial charge is 0.0599 e. The Morgan fingerprint density at radius 2 is 0.809 bits per heavy atom. The molecule has 4 aliphatic carbocycles. The van der Waals surface area contributed by atoms with Gasteiger partial charge in [0, 0.05) is 0 Å². The Bertz CT molecular complexity index is 1300. The Hall–Kier alpha value is -1.56. The number of fused-ring (bicyclic) bond motifs is 3. The Morgan fingerprint density at radius 1 is 0.468 bits per heavy atom. The first-order valence-corrected chi connectivity index (χ1v) is 20.0. The smallest absolute Gasteiger partial charge is 0.0120 e. The summed E-state index contributed by atoms with van der Waals surface area (Å²) < 4.78 is 0. The van der Waals surface area contributed by atoms with Gasteiger partial charge in [0.05, 0.1) is 0 Å². The predicted octanol–water partition coefficient (Wildman–Crippen LogP) is 13.6. The molecule has 8 atom stereocenters. The van der Waals surface area contributed by atoms with Gasteiger partial charge in [0.15, 0.2) is 0 Å². The first kappa shape index (κ1) is 35.3. The highest BCUT2D eigenvalue weighted by atomic mass is 14.7. The van der Waals surface area contributed by atoms with E-state index in [4.69, 9.17) is 0 Å². The summed E-state index contributed by atoms with van der Waals surface area (Å²) in [4.78, 5) is 0. The molecule has 4 fully saturated rings. The second-order valence-corrected chi connectivity index (χ2v) is 20.7. The van der Waals surface area contributed by atoms with Crippen LogP contribution in [0.2, 0.25) is 0 Å². The zero-order valence-corrected chi connectivity index (χ0v) is 33.2. The highest BCUT2D eigenvalue weighted by Crippen LogP contribution is 2.70. The Labute approximate surface area is 291 Å². The van der Waals surface area contributed by atoms with Crippen molar-refractivity contribution < 1.29 is 0 Å². The van der Waals surface area contributed by atoms with E-state index in [-0.39, 0.29) is 0 Å². The average molecular weight is 637 g/mol. The molecule has 0 N–H and O–H groups in total. The first-order chi connectivity index (χ1) is 21.8. The van der Waals surface area contributed by atoms with Crippen LogP contribution in [0.15, 0.2) is 24.3 Å². The van der Waals surface area contributed by atoms with Crippen molar-refractivity contribution in [3.8, 4) is 0 Å². The fraction of sp³-hybridized carbons (Fsp3) is 0.745. The van der Waals surface area contributed by atoms with E-state index in [2.05, 4.69) is 121 Å². The maximum Gasteiger partial charge on any atom is -0.0120 e. The van der Waals surface area contributed by atoms with Crippen LogP contribution in [-0.2, 0) is 0 Å². The minimum Gasteiger partial charge on any atom is -0.0599 e. The lowest BCUT2D eigenvalue weighted by atomic mass is 9.54. The molecule has 0 aromatic heterocycles. The van der Waals surface area contributed by atoms with E-state index in [1.165, 1.54) is 62.5 Å². The van der Waals surface area contributed by atoms with E-state index in [1.807, 2.05) is 0 Å². The van der Waals surface area contributed by atoms with Gasteiger partial charge < -0.3 is 0 Å². The molecule has 2 aromatic rings. The normalized spacial score (nSPS) is 33.6. The standard InChI is InChI=1S/C47H72/c1-27-19-29(3)42(30(4)20-27)38-23-36-34(25-40(38)45(7,8)9)35-26-41(46(10,11)12)39(43-31(5)21-28(2)22-32(43)6)24-37(35)44(36)47(13,14)33-17-15-16-18-33/h19-22,33-41,44H,15-18,23-26H2,1-14H3. The van der Waals surface area contributed by atoms with Gasteiger partial charge in [-0.3, -0.25) is 0 Å². The number of benzene rings is 2. The van der Waals surface area contributed by atoms with Crippen molar-refractivity contribution >= 4 is 0 Å². The lowest BCUT2D eigenvalue weighted by molar-refractivity contribution is 0.00371. The van der Waals surface area contributed by atoms with Crippen LogP contribution in [0, 0.1) is 105 Å². The molecule has 6 rings (SSSR count). The fourth-order valence-corrected chi connectivity index (χ4v) is 13.8. The van der Waals surface area contributed by atoms with Crippen LogP contribution in [0.5, 0.6) is 0 Å². The summed E-state index contributed by atoms with van der Waals surface area (Å²) in [5, 5.41) is 0. The van der Waals surface area contributed by atoms with Crippen LogP contribution in [0.25, 0.3) is 0 Å². The van der Waals surface area contributed by atoms with Gasteiger partial charge in [0.2, 0.25) is 0 Å². The summed E-state index contributed by atoms with van der Waals surface area (Å²) >= 11 is 0. The van der Waals surface area contributed by atoms with Crippen molar-refractivity contribution in [1.29, 1.82) is 0 Å². The number of rotatable bonds is 4. The Morgan fingerprint density at radius 3 is 1.13 bits per heavy atom. The van der Waals surface area contributed by atoms with Crippen molar-refractivity contribution in [2.24, 2.45) is 63.6 Å². The summed E-state index contributed by atoms with van der Waals surface area (Å²) in [6, 6.07) is 9.97. The summed E-state index contributed by atoms with van der Waals surface area (Å²) in [7, 11) is 0. The summed E-state index contributed by atoms with van der Waals surface area (Å²) in [5.74, 6) is 8.03. The molecule has 0 nitrogen and oxygen atoms in total. The molecule has 8 unspecified atom stereocenters. The molecule has 0 spiro atoms. The number of hydrogen-bond acceptors (Lipinski definition) is 0. The molecule has 260 valence electrons. The summed E-state index contributed by atoms with van der Waals surface area (Å²) in [6.07, 6.45) is 11.5. The van der Waals surface area contributed by atoms with Crippen LogP contribution in [0.3, 0.4) is 0 Å². The van der Waals surface area contributed by atoms with Crippen LogP contribution in [0.1, 0.15) is 163 Å². The molecule has 0 heterocycles. The van der Waals surface area contributed by atoms with E-state index < -0.39 is 0 Å². The van der Waals surface area contributed by atoms with Crippen molar-refractivity contribution in [3.05, 3.63) is 68.8 Å². The van der Waals surface area contributed by atoms with Gasteiger partial charge in [0.25, 0.3) is 0 Å². The van der Waals surface area contributed by atoms with Crippen molar-refractivity contribution in [2.45, 2.75) is 160 Å². The van der Waals surface area contributed by atoms with E-state index in [1.54, 1.807) is 33.4 Å². The van der Waals surface area contributed by atoms with E-state index >= 15 is 0 Å². The predicted molar refractivity (Wildman–Crippen MR) is 204 cm³/mol. The molecule has 0 aliphatic heterocycles. The third kappa shape index (κ3) is 6.22. The maximum atomic E-state index is 2.77. The third-order valence-corrected chi connectivity index (χ3v) is 15.4.